The molecule has 37 heavy (non-hydrogen) atoms. The summed E-state index contributed by atoms with van der Waals surface area (Å²) in [5.41, 5.74) is 0. The van der Waals surface area contributed by atoms with E-state index in [1.807, 2.05) is 12.2 Å². The van der Waals surface area contributed by atoms with E-state index in [-0.39, 0.29) is 47.1 Å². The molecular weight excluding hydrogens is 492 g/mol. The Morgan fingerprint density at radius 1 is 1.03 bits per heavy atom. The molecule has 1 fully saturated rings. The summed E-state index contributed by atoms with van der Waals surface area (Å²) in [7, 11) is -2.16. The van der Waals surface area contributed by atoms with Crippen molar-refractivity contribution in [3.05, 3.63) is 12.2 Å². The molecule has 0 heterocycles. The van der Waals surface area contributed by atoms with Crippen molar-refractivity contribution in [2.24, 2.45) is 11.8 Å². The number of carbonyl (C=O) groups excluding carboxylic acids is 4. The molecular formula is C28H48O8Si. The van der Waals surface area contributed by atoms with Gasteiger partial charge in [0.05, 0.1) is 19.3 Å². The highest BCUT2D eigenvalue weighted by molar-refractivity contribution is 6.74. The standard InChI is InChI=1S/C28H48O8Si/c1-9-33-26(31)14-12-11-13-21(35-20(3)29)15-16-23-22(17-18-27(32)34-10-2)24(30)19-25(23)36-37(7,8)28(4,5)6/h15-16,21-23,25H,9-14,17-19H2,1-8H3/b16-15+/t21-,22-,23-,25-/m1/s1. The van der Waals surface area contributed by atoms with Crippen molar-refractivity contribution in [1.29, 1.82) is 0 Å². The summed E-state index contributed by atoms with van der Waals surface area (Å²) in [5, 5.41) is -0.0213. The Morgan fingerprint density at radius 2 is 1.62 bits per heavy atom. The summed E-state index contributed by atoms with van der Waals surface area (Å²) in [6.07, 6.45) is 6.06. The van der Waals surface area contributed by atoms with Crippen LogP contribution in [0.1, 0.15) is 86.5 Å². The molecule has 8 nitrogen and oxygen atoms in total. The topological polar surface area (TPSA) is 105 Å². The first-order valence-electron chi connectivity index (χ1n) is 13.6. The average molecular weight is 541 g/mol. The van der Waals surface area contributed by atoms with Crippen LogP contribution in [-0.2, 0) is 37.8 Å². The summed E-state index contributed by atoms with van der Waals surface area (Å²) >= 11 is 0. The van der Waals surface area contributed by atoms with Gasteiger partial charge in [-0.1, -0.05) is 26.8 Å². The highest BCUT2D eigenvalue weighted by Crippen LogP contribution is 2.43. The number of unbranched alkanes of at least 4 members (excludes halogenated alkanes) is 1. The van der Waals surface area contributed by atoms with Crippen LogP contribution in [0.4, 0.5) is 0 Å². The minimum atomic E-state index is -2.16. The molecule has 4 atom stereocenters. The van der Waals surface area contributed by atoms with Gasteiger partial charge in [-0.3, -0.25) is 19.2 Å². The van der Waals surface area contributed by atoms with Gasteiger partial charge >= 0.3 is 17.9 Å². The zero-order valence-corrected chi connectivity index (χ0v) is 25.1. The molecule has 0 spiro atoms. The monoisotopic (exact) mass is 540 g/mol. The molecule has 0 amide bonds. The summed E-state index contributed by atoms with van der Waals surface area (Å²) < 4.78 is 22.2. The maximum atomic E-state index is 13.1. The zero-order chi connectivity index (χ0) is 28.2. The predicted octanol–water partition coefficient (Wildman–Crippen LogP) is 5.54. The molecule has 212 valence electrons. The lowest BCUT2D eigenvalue weighted by molar-refractivity contribution is -0.145. The number of ketones is 1. The number of Topliss-reactive ketones (excluding diaryl/α,β-unsaturated/α-hetero) is 1. The van der Waals surface area contributed by atoms with Gasteiger partial charge in [-0.25, -0.2) is 0 Å². The molecule has 0 saturated heterocycles. The molecule has 1 rings (SSSR count). The van der Waals surface area contributed by atoms with Crippen LogP contribution in [0.5, 0.6) is 0 Å². The molecule has 0 aliphatic heterocycles. The van der Waals surface area contributed by atoms with E-state index in [0.717, 1.165) is 0 Å². The van der Waals surface area contributed by atoms with Crippen LogP contribution in [0.15, 0.2) is 12.2 Å². The molecule has 1 saturated carbocycles. The van der Waals surface area contributed by atoms with Crippen molar-refractivity contribution >= 4 is 32.0 Å². The lowest BCUT2D eigenvalue weighted by atomic mass is 9.89. The Bertz CT molecular complexity index is 798. The third-order valence-corrected chi connectivity index (χ3v) is 11.7. The predicted molar refractivity (Wildman–Crippen MR) is 144 cm³/mol. The molecule has 0 bridgehead atoms. The Morgan fingerprint density at radius 3 is 2.16 bits per heavy atom. The molecule has 1 aliphatic rings. The third kappa shape index (κ3) is 11.5. The van der Waals surface area contributed by atoms with Gasteiger partial charge in [0.2, 0.25) is 0 Å². The van der Waals surface area contributed by atoms with E-state index in [9.17, 15) is 19.2 Å². The molecule has 0 N–H and O–H groups in total. The van der Waals surface area contributed by atoms with Gasteiger partial charge in [0.1, 0.15) is 11.9 Å². The van der Waals surface area contributed by atoms with Crippen molar-refractivity contribution in [2.75, 3.05) is 13.2 Å². The minimum Gasteiger partial charge on any atom is -0.466 e. The van der Waals surface area contributed by atoms with Crippen LogP contribution in [-0.4, -0.2) is 57.4 Å². The van der Waals surface area contributed by atoms with E-state index in [1.165, 1.54) is 6.92 Å². The summed E-state index contributed by atoms with van der Waals surface area (Å²) in [5.74, 6) is -1.45. The smallest absolute Gasteiger partial charge is 0.305 e. The second-order valence-electron chi connectivity index (χ2n) is 11.2. The number of ether oxygens (including phenoxy) is 3. The van der Waals surface area contributed by atoms with Crippen molar-refractivity contribution in [3.63, 3.8) is 0 Å². The highest BCUT2D eigenvalue weighted by Gasteiger charge is 2.47. The minimum absolute atomic E-state index is 0.0213. The van der Waals surface area contributed by atoms with Crippen molar-refractivity contribution < 1.29 is 37.8 Å². The number of hydrogen-bond acceptors (Lipinski definition) is 8. The van der Waals surface area contributed by atoms with E-state index in [2.05, 4.69) is 33.9 Å². The molecule has 0 aromatic carbocycles. The second-order valence-corrected chi connectivity index (χ2v) is 16.0. The van der Waals surface area contributed by atoms with Crippen molar-refractivity contribution in [1.82, 2.24) is 0 Å². The van der Waals surface area contributed by atoms with Gasteiger partial charge in [0, 0.05) is 38.0 Å². The van der Waals surface area contributed by atoms with Gasteiger partial charge in [0.15, 0.2) is 8.32 Å². The maximum absolute atomic E-state index is 13.1. The van der Waals surface area contributed by atoms with Crippen LogP contribution < -0.4 is 0 Å². The zero-order valence-electron chi connectivity index (χ0n) is 24.1. The average Bonchev–Trinajstić information content (AvgIpc) is 3.05. The maximum Gasteiger partial charge on any atom is 0.305 e. The van der Waals surface area contributed by atoms with Gasteiger partial charge < -0.3 is 18.6 Å². The van der Waals surface area contributed by atoms with Crippen molar-refractivity contribution in [3.8, 4) is 0 Å². The first kappa shape index (κ1) is 33.0. The van der Waals surface area contributed by atoms with Gasteiger partial charge in [-0.05, 0) is 63.7 Å². The Balaban J connectivity index is 3.06. The normalized spacial score (nSPS) is 21.2. The Hall–Kier alpha value is -2.00. The number of hydrogen-bond donors (Lipinski definition) is 0. The van der Waals surface area contributed by atoms with Crippen molar-refractivity contribution in [2.45, 2.75) is 117 Å². The summed E-state index contributed by atoms with van der Waals surface area (Å²) in [4.78, 5) is 48.4. The molecule has 0 unspecified atom stereocenters. The third-order valence-electron chi connectivity index (χ3n) is 7.22. The van der Waals surface area contributed by atoms with Crippen LogP contribution in [0, 0.1) is 11.8 Å². The van der Waals surface area contributed by atoms with Gasteiger partial charge in [-0.2, -0.15) is 0 Å². The van der Waals surface area contributed by atoms with E-state index in [4.69, 9.17) is 18.6 Å². The lowest BCUT2D eigenvalue weighted by Crippen LogP contribution is -2.45. The molecule has 9 heteroatoms. The highest BCUT2D eigenvalue weighted by atomic mass is 28.4. The van der Waals surface area contributed by atoms with Gasteiger partial charge in [0.25, 0.3) is 0 Å². The fraction of sp³-hybridized carbons (Fsp3) is 0.786. The quantitative estimate of drug-likeness (QED) is 0.0877. The van der Waals surface area contributed by atoms with E-state index in [0.29, 0.717) is 51.7 Å². The molecule has 0 aromatic heterocycles. The SMILES string of the molecule is CCOC(=O)CCCC[C@H](/C=C/[C@H]1[C@H](O[Si](C)(C)C(C)(C)C)CC(=O)[C@@H]1CCC(=O)OCC)OC(C)=O. The largest absolute Gasteiger partial charge is 0.466 e. The van der Waals surface area contributed by atoms with E-state index >= 15 is 0 Å². The number of esters is 3. The van der Waals surface area contributed by atoms with Crippen LogP contribution >= 0.6 is 0 Å². The van der Waals surface area contributed by atoms with Crippen LogP contribution in [0.2, 0.25) is 18.1 Å². The Kier molecular flexibility index (Phi) is 13.8. The fourth-order valence-corrected chi connectivity index (χ4v) is 5.61. The number of rotatable bonds is 15. The second kappa shape index (κ2) is 15.4. The Labute approximate surface area is 224 Å². The van der Waals surface area contributed by atoms with Crippen LogP contribution in [0.3, 0.4) is 0 Å². The number of carbonyl (C=O) groups is 4. The molecule has 0 radical (unpaired) electrons. The molecule has 1 aliphatic carbocycles. The fourth-order valence-electron chi connectivity index (χ4n) is 4.26. The lowest BCUT2D eigenvalue weighted by Gasteiger charge is -2.39. The van der Waals surface area contributed by atoms with Crippen LogP contribution in [0.25, 0.3) is 0 Å². The first-order chi connectivity index (χ1) is 17.2. The van der Waals surface area contributed by atoms with E-state index < -0.39 is 20.4 Å². The van der Waals surface area contributed by atoms with Gasteiger partial charge in [-0.15, -0.1) is 0 Å². The summed E-state index contributed by atoms with van der Waals surface area (Å²) in [6.45, 7) is 16.4. The summed E-state index contributed by atoms with van der Waals surface area (Å²) in [6, 6.07) is 0. The first-order valence-corrected chi connectivity index (χ1v) is 16.5. The molecule has 0 aromatic rings. The van der Waals surface area contributed by atoms with E-state index in [1.54, 1.807) is 13.8 Å².